The summed E-state index contributed by atoms with van der Waals surface area (Å²) in [6, 6.07) is 9.29. The maximum absolute atomic E-state index is 5.85. The van der Waals surface area contributed by atoms with Gasteiger partial charge in [-0.1, -0.05) is 18.6 Å². The molecule has 0 heterocycles. The van der Waals surface area contributed by atoms with E-state index < -0.39 is 0 Å². The molecule has 0 aliphatic heterocycles. The van der Waals surface area contributed by atoms with Crippen LogP contribution in [0.25, 0.3) is 0 Å². The molecule has 0 aromatic heterocycles. The minimum Gasteiger partial charge on any atom is -0.493 e. The van der Waals surface area contributed by atoms with Gasteiger partial charge in [0, 0.05) is 12.6 Å². The fourth-order valence-corrected chi connectivity index (χ4v) is 2.17. The van der Waals surface area contributed by atoms with Gasteiger partial charge in [0.15, 0.2) is 0 Å². The maximum Gasteiger partial charge on any atom is 0.119 e. The van der Waals surface area contributed by atoms with Crippen molar-refractivity contribution in [1.82, 2.24) is 5.32 Å². The molecule has 3 rings (SSSR count). The first-order chi connectivity index (χ1) is 8.40. The van der Waals surface area contributed by atoms with E-state index in [-0.39, 0.29) is 0 Å². The molecule has 2 aliphatic carbocycles. The van der Waals surface area contributed by atoms with Crippen LogP contribution in [0.15, 0.2) is 24.3 Å². The van der Waals surface area contributed by atoms with Crippen LogP contribution in [-0.2, 0) is 6.54 Å². The zero-order chi connectivity index (χ0) is 11.5. The van der Waals surface area contributed by atoms with Gasteiger partial charge in [0.2, 0.25) is 0 Å². The van der Waals surface area contributed by atoms with Crippen LogP contribution >= 0.6 is 0 Å². The Hall–Kier alpha value is -1.02. The number of hydrogen-bond acceptors (Lipinski definition) is 2. The highest BCUT2D eigenvalue weighted by Gasteiger charge is 2.20. The van der Waals surface area contributed by atoms with Crippen molar-refractivity contribution in [3.8, 4) is 5.75 Å². The first kappa shape index (κ1) is 11.1. The average Bonchev–Trinajstić information content (AvgIpc) is 3.09. The van der Waals surface area contributed by atoms with Gasteiger partial charge in [-0.3, -0.25) is 0 Å². The van der Waals surface area contributed by atoms with Gasteiger partial charge < -0.3 is 10.1 Å². The highest BCUT2D eigenvalue weighted by Crippen LogP contribution is 2.27. The number of ether oxygens (including phenoxy) is 1. The van der Waals surface area contributed by atoms with Gasteiger partial charge in [-0.2, -0.15) is 0 Å². The number of benzene rings is 1. The predicted molar refractivity (Wildman–Crippen MR) is 69.1 cm³/mol. The summed E-state index contributed by atoms with van der Waals surface area (Å²) < 4.78 is 5.85. The van der Waals surface area contributed by atoms with Crippen LogP contribution in [0.1, 0.15) is 37.7 Å². The van der Waals surface area contributed by atoms with E-state index in [0.717, 1.165) is 30.9 Å². The van der Waals surface area contributed by atoms with Gasteiger partial charge in [0.1, 0.15) is 5.75 Å². The number of hydrogen-bond donors (Lipinski definition) is 1. The van der Waals surface area contributed by atoms with Crippen molar-refractivity contribution in [3.05, 3.63) is 29.8 Å². The van der Waals surface area contributed by atoms with E-state index in [4.69, 9.17) is 4.74 Å². The van der Waals surface area contributed by atoms with E-state index in [1.54, 1.807) is 0 Å². The fraction of sp³-hybridized carbons (Fsp3) is 0.600. The van der Waals surface area contributed by atoms with Crippen LogP contribution in [0.4, 0.5) is 0 Å². The standard InChI is InChI=1S/C15H21NO/c1-3-12(4-1)11-17-15-6-2-5-13(9-15)10-16-14-7-8-14/h2,5-6,9,12,14,16H,1,3-4,7-8,10-11H2. The molecular formula is C15H21NO. The van der Waals surface area contributed by atoms with Crippen molar-refractivity contribution < 1.29 is 4.74 Å². The Balaban J connectivity index is 1.49. The Morgan fingerprint density at radius 3 is 2.76 bits per heavy atom. The summed E-state index contributed by atoms with van der Waals surface area (Å²) in [6.45, 7) is 1.88. The lowest BCUT2D eigenvalue weighted by atomic mass is 9.86. The lowest BCUT2D eigenvalue weighted by Crippen LogP contribution is -2.19. The summed E-state index contributed by atoms with van der Waals surface area (Å²) >= 11 is 0. The molecule has 0 amide bonds. The molecule has 1 aromatic rings. The van der Waals surface area contributed by atoms with E-state index in [9.17, 15) is 0 Å². The zero-order valence-corrected chi connectivity index (χ0v) is 10.3. The third-order valence-corrected chi connectivity index (χ3v) is 3.78. The first-order valence-corrected chi connectivity index (χ1v) is 6.85. The van der Waals surface area contributed by atoms with Crippen molar-refractivity contribution in [2.45, 2.75) is 44.7 Å². The Labute approximate surface area is 103 Å². The molecule has 92 valence electrons. The molecule has 2 heteroatoms. The van der Waals surface area contributed by atoms with E-state index in [0.29, 0.717) is 0 Å². The van der Waals surface area contributed by atoms with E-state index in [2.05, 4.69) is 29.6 Å². The second-order valence-corrected chi connectivity index (χ2v) is 5.41. The van der Waals surface area contributed by atoms with Gasteiger partial charge in [-0.25, -0.2) is 0 Å². The predicted octanol–water partition coefficient (Wildman–Crippen LogP) is 3.12. The average molecular weight is 231 g/mol. The molecule has 0 spiro atoms. The van der Waals surface area contributed by atoms with E-state index in [1.807, 2.05) is 0 Å². The van der Waals surface area contributed by atoms with Gasteiger partial charge in [-0.15, -0.1) is 0 Å². The Kier molecular flexibility index (Phi) is 3.32. The Morgan fingerprint density at radius 1 is 1.18 bits per heavy atom. The normalized spacial score (nSPS) is 20.0. The zero-order valence-electron chi connectivity index (χ0n) is 10.3. The molecular weight excluding hydrogens is 210 g/mol. The largest absolute Gasteiger partial charge is 0.493 e. The summed E-state index contributed by atoms with van der Waals surface area (Å²) in [5.74, 6) is 1.84. The van der Waals surface area contributed by atoms with Crippen molar-refractivity contribution in [1.29, 1.82) is 0 Å². The molecule has 17 heavy (non-hydrogen) atoms. The molecule has 1 aromatic carbocycles. The molecule has 0 unspecified atom stereocenters. The lowest BCUT2D eigenvalue weighted by Gasteiger charge is -2.25. The minimum absolute atomic E-state index is 0.773. The van der Waals surface area contributed by atoms with Crippen molar-refractivity contribution >= 4 is 0 Å². The van der Waals surface area contributed by atoms with Crippen LogP contribution in [0.3, 0.4) is 0 Å². The third kappa shape index (κ3) is 3.22. The smallest absolute Gasteiger partial charge is 0.119 e. The second-order valence-electron chi connectivity index (χ2n) is 5.41. The highest BCUT2D eigenvalue weighted by molar-refractivity contribution is 5.28. The fourth-order valence-electron chi connectivity index (χ4n) is 2.17. The summed E-state index contributed by atoms with van der Waals surface area (Å²) in [6.07, 6.45) is 6.78. The molecule has 0 saturated heterocycles. The second kappa shape index (κ2) is 5.09. The molecule has 0 bridgehead atoms. The van der Waals surface area contributed by atoms with Crippen LogP contribution in [0.2, 0.25) is 0 Å². The highest BCUT2D eigenvalue weighted by atomic mass is 16.5. The molecule has 2 saturated carbocycles. The molecule has 0 atom stereocenters. The first-order valence-electron chi connectivity index (χ1n) is 6.85. The van der Waals surface area contributed by atoms with Gasteiger partial charge in [0.25, 0.3) is 0 Å². The van der Waals surface area contributed by atoms with Gasteiger partial charge in [-0.05, 0) is 49.3 Å². The van der Waals surface area contributed by atoms with Crippen molar-refractivity contribution in [3.63, 3.8) is 0 Å². The summed E-state index contributed by atoms with van der Waals surface area (Å²) in [7, 11) is 0. The van der Waals surface area contributed by atoms with Crippen molar-refractivity contribution in [2.24, 2.45) is 5.92 Å². The lowest BCUT2D eigenvalue weighted by molar-refractivity contribution is 0.180. The molecule has 2 aliphatic rings. The van der Waals surface area contributed by atoms with Gasteiger partial charge in [0.05, 0.1) is 6.61 Å². The third-order valence-electron chi connectivity index (χ3n) is 3.78. The number of rotatable bonds is 6. The summed E-state index contributed by atoms with van der Waals surface area (Å²) in [4.78, 5) is 0. The van der Waals surface area contributed by atoms with Crippen LogP contribution < -0.4 is 10.1 Å². The molecule has 2 fully saturated rings. The Bertz CT molecular complexity index is 369. The van der Waals surface area contributed by atoms with Crippen LogP contribution in [0, 0.1) is 5.92 Å². The monoisotopic (exact) mass is 231 g/mol. The molecule has 1 N–H and O–H groups in total. The van der Waals surface area contributed by atoms with E-state index >= 15 is 0 Å². The number of nitrogens with one attached hydrogen (secondary N) is 1. The van der Waals surface area contributed by atoms with Crippen LogP contribution in [0.5, 0.6) is 5.75 Å². The molecule has 0 radical (unpaired) electrons. The maximum atomic E-state index is 5.85. The quantitative estimate of drug-likeness (QED) is 0.812. The van der Waals surface area contributed by atoms with Crippen molar-refractivity contribution in [2.75, 3.05) is 6.61 Å². The minimum atomic E-state index is 0.773. The Morgan fingerprint density at radius 2 is 2.06 bits per heavy atom. The summed E-state index contributed by atoms with van der Waals surface area (Å²) in [5, 5.41) is 3.53. The van der Waals surface area contributed by atoms with Crippen LogP contribution in [-0.4, -0.2) is 12.6 Å². The van der Waals surface area contributed by atoms with Gasteiger partial charge >= 0.3 is 0 Å². The topological polar surface area (TPSA) is 21.3 Å². The summed E-state index contributed by atoms with van der Waals surface area (Å²) in [5.41, 5.74) is 1.34. The van der Waals surface area contributed by atoms with E-state index in [1.165, 1.54) is 37.7 Å². The SMILES string of the molecule is c1cc(CNC2CC2)cc(OCC2CCC2)c1. The molecule has 2 nitrogen and oxygen atoms in total.